The summed E-state index contributed by atoms with van der Waals surface area (Å²) in [6, 6.07) is 5.21. The number of benzene rings is 1. The topological polar surface area (TPSA) is 128 Å². The van der Waals surface area contributed by atoms with Crippen LogP contribution in [0.25, 0.3) is 0 Å². The van der Waals surface area contributed by atoms with Gasteiger partial charge in [0.15, 0.2) is 0 Å². The molecule has 2 aliphatic rings. The van der Waals surface area contributed by atoms with Crippen LogP contribution in [0.1, 0.15) is 62.2 Å². The fraction of sp³-hybridized carbons (Fsp3) is 0.667. The van der Waals surface area contributed by atoms with Gasteiger partial charge >= 0.3 is 5.97 Å². The second-order valence-electron chi connectivity index (χ2n) is 9.32. The van der Waals surface area contributed by atoms with Crippen molar-refractivity contribution in [3.63, 3.8) is 0 Å². The van der Waals surface area contributed by atoms with E-state index < -0.39 is 21.9 Å². The van der Waals surface area contributed by atoms with Gasteiger partial charge in [0, 0.05) is 25.3 Å². The van der Waals surface area contributed by atoms with Crippen molar-refractivity contribution in [2.24, 2.45) is 11.8 Å². The Morgan fingerprint density at radius 1 is 1.12 bits per heavy atom. The second-order valence-corrected chi connectivity index (χ2v) is 11.2. The molecule has 0 atom stereocenters. The van der Waals surface area contributed by atoms with Crippen LogP contribution < -0.4 is 20.3 Å². The first kappa shape index (κ1) is 26.3. The molecule has 1 aromatic carbocycles. The molecule has 9 nitrogen and oxygen atoms in total. The lowest BCUT2D eigenvalue weighted by Crippen LogP contribution is -2.39. The Labute approximate surface area is 202 Å². The number of rotatable bonds is 11. The summed E-state index contributed by atoms with van der Waals surface area (Å²) in [7, 11) is -3.61. The molecular formula is C24H38N4O5S. The number of hydrogen-bond acceptors (Lipinski definition) is 6. The van der Waals surface area contributed by atoms with Gasteiger partial charge in [0.05, 0.1) is 23.4 Å². The number of nitrogens with one attached hydrogen (secondary N) is 3. The van der Waals surface area contributed by atoms with Crippen LogP contribution >= 0.6 is 0 Å². The normalized spacial score (nSPS) is 18.0. The van der Waals surface area contributed by atoms with Gasteiger partial charge in [-0.05, 0) is 75.2 Å². The molecule has 2 aliphatic heterocycles. The molecule has 1 amide bonds. The molecule has 4 N–H and O–H groups in total. The number of piperidine rings is 2. The zero-order valence-corrected chi connectivity index (χ0v) is 20.8. The number of aliphatic carboxylic acids is 1. The van der Waals surface area contributed by atoms with E-state index in [2.05, 4.69) is 20.3 Å². The Morgan fingerprint density at radius 3 is 2.44 bits per heavy atom. The molecule has 2 fully saturated rings. The third-order valence-electron chi connectivity index (χ3n) is 6.86. The van der Waals surface area contributed by atoms with Gasteiger partial charge < -0.3 is 20.6 Å². The number of carbonyl (C=O) groups excluding carboxylic acids is 1. The van der Waals surface area contributed by atoms with E-state index in [1.165, 1.54) is 12.8 Å². The zero-order chi connectivity index (χ0) is 24.6. The quantitative estimate of drug-likeness (QED) is 0.372. The number of carboxylic acid groups (broad SMARTS) is 1. The first-order valence-electron chi connectivity index (χ1n) is 12.4. The average Bonchev–Trinajstić information content (AvgIpc) is 2.83. The highest BCUT2D eigenvalue weighted by Crippen LogP contribution is 2.34. The maximum Gasteiger partial charge on any atom is 0.305 e. The second kappa shape index (κ2) is 12.4. The van der Waals surface area contributed by atoms with Crippen molar-refractivity contribution in [3.05, 3.63) is 23.8 Å². The maximum absolute atomic E-state index is 12.7. The molecule has 3 rings (SSSR count). The molecule has 1 aromatic rings. The van der Waals surface area contributed by atoms with Gasteiger partial charge in [-0.25, -0.2) is 8.42 Å². The van der Waals surface area contributed by atoms with Crippen molar-refractivity contribution in [3.8, 4) is 0 Å². The number of sulfonamides is 1. The highest BCUT2D eigenvalue weighted by molar-refractivity contribution is 7.92. The fourth-order valence-electron chi connectivity index (χ4n) is 4.89. The molecule has 0 bridgehead atoms. The minimum Gasteiger partial charge on any atom is -0.481 e. The summed E-state index contributed by atoms with van der Waals surface area (Å²) in [6.45, 7) is 5.90. The van der Waals surface area contributed by atoms with E-state index in [4.69, 9.17) is 5.11 Å². The number of amides is 1. The fourth-order valence-corrected chi connectivity index (χ4v) is 6.16. The number of hydrogen-bond donors (Lipinski definition) is 4. The Morgan fingerprint density at radius 2 is 1.79 bits per heavy atom. The van der Waals surface area contributed by atoms with Crippen molar-refractivity contribution < 1.29 is 23.1 Å². The van der Waals surface area contributed by atoms with Crippen LogP contribution in [0.4, 0.5) is 11.4 Å². The van der Waals surface area contributed by atoms with E-state index in [0.717, 1.165) is 63.0 Å². The van der Waals surface area contributed by atoms with Crippen molar-refractivity contribution >= 4 is 33.3 Å². The molecule has 2 heterocycles. The Hall–Kier alpha value is -2.33. The van der Waals surface area contributed by atoms with Crippen molar-refractivity contribution in [1.29, 1.82) is 0 Å². The van der Waals surface area contributed by atoms with Crippen LogP contribution in [0.3, 0.4) is 0 Å². The molecule has 0 unspecified atom stereocenters. The predicted octanol–water partition coefficient (Wildman–Crippen LogP) is 2.65. The van der Waals surface area contributed by atoms with Crippen LogP contribution in [0.15, 0.2) is 18.2 Å². The third-order valence-corrected chi connectivity index (χ3v) is 8.22. The van der Waals surface area contributed by atoms with E-state index in [9.17, 15) is 18.0 Å². The van der Waals surface area contributed by atoms with Crippen LogP contribution in [0, 0.1) is 11.8 Å². The van der Waals surface area contributed by atoms with Gasteiger partial charge in [-0.15, -0.1) is 0 Å². The molecule has 0 aliphatic carbocycles. The van der Waals surface area contributed by atoms with Gasteiger partial charge in [-0.3, -0.25) is 14.3 Å². The summed E-state index contributed by atoms with van der Waals surface area (Å²) in [4.78, 5) is 25.7. The minimum absolute atomic E-state index is 0.0184. The van der Waals surface area contributed by atoms with Crippen molar-refractivity contribution in [2.75, 3.05) is 48.1 Å². The molecule has 0 aromatic heterocycles. The number of carbonyl (C=O) groups is 2. The highest BCUT2D eigenvalue weighted by Gasteiger charge is 2.28. The molecule has 0 radical (unpaired) electrons. The van der Waals surface area contributed by atoms with E-state index >= 15 is 0 Å². The minimum atomic E-state index is -3.61. The van der Waals surface area contributed by atoms with Gasteiger partial charge in [0.1, 0.15) is 0 Å². The predicted molar refractivity (Wildman–Crippen MR) is 134 cm³/mol. The molecular weight excluding hydrogens is 456 g/mol. The summed E-state index contributed by atoms with van der Waals surface area (Å²) in [5, 5.41) is 14.8. The smallest absolute Gasteiger partial charge is 0.305 e. The lowest BCUT2D eigenvalue weighted by Gasteiger charge is -2.39. The first-order valence-corrected chi connectivity index (χ1v) is 14.0. The van der Waals surface area contributed by atoms with E-state index in [1.54, 1.807) is 12.1 Å². The summed E-state index contributed by atoms with van der Waals surface area (Å²) < 4.78 is 27.8. The summed E-state index contributed by atoms with van der Waals surface area (Å²) in [6.07, 6.45) is 5.77. The Kier molecular flexibility index (Phi) is 9.58. The lowest BCUT2D eigenvalue weighted by atomic mass is 9.79. The Bertz CT molecular complexity index is 939. The third kappa shape index (κ3) is 7.59. The molecule has 10 heteroatoms. The van der Waals surface area contributed by atoms with E-state index in [1.807, 2.05) is 13.0 Å². The van der Waals surface area contributed by atoms with Crippen LogP contribution in [0.5, 0.6) is 0 Å². The van der Waals surface area contributed by atoms with Gasteiger partial charge in [-0.2, -0.15) is 0 Å². The maximum atomic E-state index is 12.7. The largest absolute Gasteiger partial charge is 0.481 e. The number of unbranched alkanes of at least 4 members (excludes halogenated alkanes) is 1. The SMILES string of the molecule is CCCCS(=O)(=O)Nc1cc(N2CCC(C3CCNCC3)CC2)ccc1C(=O)NCCC(=O)O. The van der Waals surface area contributed by atoms with Crippen molar-refractivity contribution in [2.45, 2.75) is 51.9 Å². The van der Waals surface area contributed by atoms with Crippen molar-refractivity contribution in [1.82, 2.24) is 10.6 Å². The van der Waals surface area contributed by atoms with Gasteiger partial charge in [-0.1, -0.05) is 13.3 Å². The summed E-state index contributed by atoms with van der Waals surface area (Å²) in [5.74, 6) is -0.0179. The first-order chi connectivity index (χ1) is 16.3. The zero-order valence-electron chi connectivity index (χ0n) is 20.0. The van der Waals surface area contributed by atoms with Crippen LogP contribution in [-0.2, 0) is 14.8 Å². The molecule has 2 saturated heterocycles. The van der Waals surface area contributed by atoms with Crippen LogP contribution in [0.2, 0.25) is 0 Å². The number of anilines is 2. The number of nitrogens with zero attached hydrogens (tertiary/aromatic N) is 1. The standard InChI is InChI=1S/C24H38N4O5S/c1-2-3-16-34(32,33)27-22-17-20(4-5-21(22)24(31)26-13-8-23(29)30)28-14-9-19(10-15-28)18-6-11-25-12-7-18/h4-5,17-19,25,27H,2-3,6-16H2,1H3,(H,26,31)(H,29,30). The summed E-state index contributed by atoms with van der Waals surface area (Å²) >= 11 is 0. The van der Waals surface area contributed by atoms with E-state index in [-0.39, 0.29) is 30.0 Å². The lowest BCUT2D eigenvalue weighted by molar-refractivity contribution is -0.136. The van der Waals surface area contributed by atoms with Crippen LogP contribution in [-0.4, -0.2) is 63.9 Å². The van der Waals surface area contributed by atoms with E-state index in [0.29, 0.717) is 6.42 Å². The van der Waals surface area contributed by atoms with Gasteiger partial charge in [0.25, 0.3) is 5.91 Å². The molecule has 34 heavy (non-hydrogen) atoms. The number of carboxylic acids is 1. The average molecular weight is 495 g/mol. The molecule has 0 saturated carbocycles. The van der Waals surface area contributed by atoms with Gasteiger partial charge in [0.2, 0.25) is 10.0 Å². The monoisotopic (exact) mass is 494 g/mol. The summed E-state index contributed by atoms with van der Waals surface area (Å²) in [5.41, 5.74) is 1.32. The molecule has 0 spiro atoms. The molecule has 190 valence electrons. The Balaban J connectivity index is 1.74. The highest BCUT2D eigenvalue weighted by atomic mass is 32.2.